The summed E-state index contributed by atoms with van der Waals surface area (Å²) in [5.74, 6) is -2.63. The van der Waals surface area contributed by atoms with Crippen LogP contribution in [-0.4, -0.2) is 26.0 Å². The van der Waals surface area contributed by atoms with E-state index < -0.39 is 38.1 Å². The second kappa shape index (κ2) is 7.00. The molecule has 5 rings (SSSR count). The van der Waals surface area contributed by atoms with Gasteiger partial charge in [-0.1, -0.05) is 48.0 Å². The third kappa shape index (κ3) is 2.72. The van der Waals surface area contributed by atoms with Gasteiger partial charge in [-0.05, 0) is 42.8 Å². The zero-order valence-corrected chi connectivity index (χ0v) is 18.0. The van der Waals surface area contributed by atoms with Crippen LogP contribution in [0.1, 0.15) is 16.7 Å². The Balaban J connectivity index is 1.73. The molecule has 8 heteroatoms. The Morgan fingerprint density at radius 2 is 1.69 bits per heavy atom. The van der Waals surface area contributed by atoms with Crippen molar-refractivity contribution in [2.45, 2.75) is 18.3 Å². The summed E-state index contributed by atoms with van der Waals surface area (Å²) in [6.07, 6.45) is 0. The summed E-state index contributed by atoms with van der Waals surface area (Å²) >= 11 is 0. The fourth-order valence-corrected chi connectivity index (χ4v) is 6.59. The van der Waals surface area contributed by atoms with Crippen molar-refractivity contribution in [2.75, 3.05) is 15.6 Å². The molecule has 0 N–H and O–H groups in total. The molecule has 0 aliphatic carbocycles. The van der Waals surface area contributed by atoms with Crippen LogP contribution in [0, 0.1) is 12.7 Å². The smallest absolute Gasteiger partial charge is 0.274 e. The van der Waals surface area contributed by atoms with E-state index in [1.807, 2.05) is 6.92 Å². The maximum Gasteiger partial charge on any atom is 0.274 e. The van der Waals surface area contributed by atoms with Crippen LogP contribution < -0.4 is 9.80 Å². The van der Waals surface area contributed by atoms with Crippen LogP contribution in [0.4, 0.5) is 15.8 Å². The molecule has 1 saturated heterocycles. The Labute approximate surface area is 184 Å². The van der Waals surface area contributed by atoms with Crippen molar-refractivity contribution in [2.24, 2.45) is 0 Å². The van der Waals surface area contributed by atoms with Gasteiger partial charge in [-0.2, -0.15) is 0 Å². The van der Waals surface area contributed by atoms with Crippen molar-refractivity contribution in [3.8, 4) is 0 Å². The van der Waals surface area contributed by atoms with Crippen LogP contribution in [0.3, 0.4) is 0 Å². The minimum absolute atomic E-state index is 0.0270. The van der Waals surface area contributed by atoms with Crippen molar-refractivity contribution in [3.05, 3.63) is 95.3 Å². The number of carbonyl (C=O) groups is 2. The number of hydrogen-bond donors (Lipinski definition) is 0. The van der Waals surface area contributed by atoms with Crippen molar-refractivity contribution in [1.29, 1.82) is 0 Å². The van der Waals surface area contributed by atoms with Gasteiger partial charge in [0.15, 0.2) is 9.84 Å². The normalized spacial score (nSPS) is 21.4. The molecule has 3 aromatic rings. The monoisotopic (exact) mass is 450 g/mol. The number of nitrogens with zero attached hydrogens (tertiary/aromatic N) is 2. The molecule has 2 aliphatic heterocycles. The molecule has 6 nitrogen and oxygen atoms in total. The lowest BCUT2D eigenvalue weighted by Crippen LogP contribution is -2.54. The first-order chi connectivity index (χ1) is 15.3. The van der Waals surface area contributed by atoms with Gasteiger partial charge in [0, 0.05) is 11.3 Å². The van der Waals surface area contributed by atoms with Gasteiger partial charge in [-0.15, -0.1) is 0 Å². The highest BCUT2D eigenvalue weighted by Crippen LogP contribution is 2.52. The maximum atomic E-state index is 13.9. The van der Waals surface area contributed by atoms with E-state index in [1.165, 1.54) is 23.1 Å². The predicted octanol–water partition coefficient (Wildman–Crippen LogP) is 3.30. The fourth-order valence-electron chi connectivity index (χ4n) is 4.56. The molecule has 2 aliphatic rings. The van der Waals surface area contributed by atoms with Crippen LogP contribution in [0.2, 0.25) is 0 Å². The van der Waals surface area contributed by atoms with Crippen LogP contribution in [0.25, 0.3) is 0 Å². The first kappa shape index (κ1) is 20.4. The van der Waals surface area contributed by atoms with Crippen LogP contribution in [0.15, 0.2) is 72.8 Å². The molecule has 1 fully saturated rings. The maximum absolute atomic E-state index is 13.9. The first-order valence-corrected chi connectivity index (χ1v) is 11.7. The molecule has 0 radical (unpaired) electrons. The third-order valence-electron chi connectivity index (χ3n) is 5.94. The van der Waals surface area contributed by atoms with Gasteiger partial charge in [0.25, 0.3) is 10.8 Å². The van der Waals surface area contributed by atoms with Gasteiger partial charge in [0.2, 0.25) is 5.91 Å². The number of rotatable bonds is 3. The molecule has 3 aromatic carbocycles. The van der Waals surface area contributed by atoms with E-state index in [0.29, 0.717) is 16.9 Å². The molecule has 0 bridgehead atoms. The van der Waals surface area contributed by atoms with E-state index in [4.69, 9.17) is 0 Å². The third-order valence-corrected chi connectivity index (χ3v) is 8.05. The van der Waals surface area contributed by atoms with Crippen LogP contribution >= 0.6 is 0 Å². The summed E-state index contributed by atoms with van der Waals surface area (Å²) < 4.78 is 40.8. The summed E-state index contributed by atoms with van der Waals surface area (Å²) in [5.41, 5.74) is 2.39. The second-order valence-electron chi connectivity index (χ2n) is 8.01. The molecular formula is C24H19FN2O4S. The Kier molecular flexibility index (Phi) is 4.46. The van der Waals surface area contributed by atoms with E-state index in [0.717, 1.165) is 10.5 Å². The lowest BCUT2D eigenvalue weighted by Gasteiger charge is -2.32. The largest absolute Gasteiger partial charge is 0.304 e. The van der Waals surface area contributed by atoms with Crippen molar-refractivity contribution < 1.29 is 22.4 Å². The van der Waals surface area contributed by atoms with E-state index in [2.05, 4.69) is 0 Å². The first-order valence-electron chi connectivity index (χ1n) is 10.0. The predicted molar refractivity (Wildman–Crippen MR) is 118 cm³/mol. The van der Waals surface area contributed by atoms with Crippen molar-refractivity contribution >= 4 is 33.0 Å². The Bertz CT molecular complexity index is 1370. The zero-order chi connectivity index (χ0) is 22.7. The van der Waals surface area contributed by atoms with Gasteiger partial charge in [-0.25, -0.2) is 12.8 Å². The summed E-state index contributed by atoms with van der Waals surface area (Å²) in [7, 11) is -4.23. The average Bonchev–Trinajstić information content (AvgIpc) is 3.12. The van der Waals surface area contributed by atoms with E-state index >= 15 is 0 Å². The molecular weight excluding hydrogens is 431 g/mol. The van der Waals surface area contributed by atoms with E-state index in [9.17, 15) is 22.4 Å². The quantitative estimate of drug-likeness (QED) is 0.614. The summed E-state index contributed by atoms with van der Waals surface area (Å²) in [6.45, 7) is 1.85. The molecule has 162 valence electrons. The molecule has 2 heterocycles. The number of aryl methyl sites for hydroxylation is 1. The highest BCUT2D eigenvalue weighted by atomic mass is 32.2. The minimum atomic E-state index is -4.23. The molecule has 1 unspecified atom stereocenters. The molecule has 0 saturated carbocycles. The van der Waals surface area contributed by atoms with Gasteiger partial charge < -0.3 is 4.90 Å². The number of hydrogen-bond acceptors (Lipinski definition) is 4. The van der Waals surface area contributed by atoms with E-state index in [-0.39, 0.29) is 12.1 Å². The number of sulfone groups is 1. The number of anilines is 2. The molecule has 1 spiro atoms. The highest BCUT2D eigenvalue weighted by molar-refractivity contribution is 7.94. The number of carbonyl (C=O) groups excluding carboxylic acids is 2. The molecule has 2 amide bonds. The Hall–Kier alpha value is -3.52. The number of fused-ring (bicyclic) bond motifs is 2. The standard InChI is InChI=1S/C24H19FN2O4S/c1-16-9-11-19(12-10-16)27-22(28)15-32(30,31)24(27)20-7-2-3-8-21(20)26(23(24)29)14-17-5-4-6-18(25)13-17/h2-13H,14-15H2,1H3. The van der Waals surface area contributed by atoms with Crippen LogP contribution in [-0.2, 0) is 30.8 Å². The van der Waals surface area contributed by atoms with Crippen molar-refractivity contribution in [1.82, 2.24) is 0 Å². The van der Waals surface area contributed by atoms with Crippen molar-refractivity contribution in [3.63, 3.8) is 0 Å². The lowest BCUT2D eigenvalue weighted by molar-refractivity contribution is -0.123. The Morgan fingerprint density at radius 1 is 0.969 bits per heavy atom. The number of halogens is 1. The van der Waals surface area contributed by atoms with Gasteiger partial charge >= 0.3 is 0 Å². The topological polar surface area (TPSA) is 74.8 Å². The minimum Gasteiger partial charge on any atom is -0.304 e. The highest BCUT2D eigenvalue weighted by Gasteiger charge is 2.69. The summed E-state index contributed by atoms with van der Waals surface area (Å²) in [4.78, 5) is 27.2. The van der Waals surface area contributed by atoms with Crippen LogP contribution in [0.5, 0.6) is 0 Å². The average molecular weight is 450 g/mol. The molecule has 0 aromatic heterocycles. The summed E-state index contributed by atoms with van der Waals surface area (Å²) in [5, 5.41) is 0. The fraction of sp³-hybridized carbons (Fsp3) is 0.167. The molecule has 32 heavy (non-hydrogen) atoms. The Morgan fingerprint density at radius 3 is 2.41 bits per heavy atom. The number of amides is 2. The second-order valence-corrected chi connectivity index (χ2v) is 10.1. The van der Waals surface area contributed by atoms with Gasteiger partial charge in [0.1, 0.15) is 11.6 Å². The van der Waals surface area contributed by atoms with E-state index in [1.54, 1.807) is 54.6 Å². The number of para-hydroxylation sites is 1. The van der Waals surface area contributed by atoms with Gasteiger partial charge in [0.05, 0.1) is 12.2 Å². The lowest BCUT2D eigenvalue weighted by atomic mass is 10.0. The SMILES string of the molecule is Cc1ccc(N2C(=O)CS(=O)(=O)C23C(=O)N(Cc2cccc(F)c2)c2ccccc23)cc1. The van der Waals surface area contributed by atoms with Gasteiger partial charge in [-0.3, -0.25) is 14.5 Å². The molecule has 1 atom stereocenters. The zero-order valence-electron chi connectivity index (χ0n) is 17.2. The number of benzene rings is 3. The summed E-state index contributed by atoms with van der Waals surface area (Å²) in [6, 6.07) is 19.1.